The number of rotatable bonds is 1. The Bertz CT molecular complexity index is 571. The van der Waals surface area contributed by atoms with Crippen LogP contribution in [0.5, 0.6) is 0 Å². The van der Waals surface area contributed by atoms with E-state index in [1.165, 1.54) is 19.2 Å². The second kappa shape index (κ2) is 4.06. The molecule has 1 aromatic carbocycles. The van der Waals surface area contributed by atoms with Gasteiger partial charge in [-0.2, -0.15) is 0 Å². The number of fused-ring (bicyclic) bond motifs is 1. The van der Waals surface area contributed by atoms with Crippen LogP contribution < -0.4 is 0 Å². The normalized spacial score (nSPS) is 10.4. The molecule has 0 amide bonds. The summed E-state index contributed by atoms with van der Waals surface area (Å²) in [5, 5.41) is 0.365. The van der Waals surface area contributed by atoms with Crippen molar-refractivity contribution in [1.82, 2.24) is 4.98 Å². The van der Waals surface area contributed by atoms with E-state index in [1.807, 2.05) is 0 Å². The first-order chi connectivity index (χ1) is 7.61. The van der Waals surface area contributed by atoms with E-state index in [9.17, 15) is 9.18 Å². The van der Waals surface area contributed by atoms with E-state index in [-0.39, 0.29) is 5.15 Å². The molecule has 1 aromatic heterocycles. The summed E-state index contributed by atoms with van der Waals surface area (Å²) in [5.41, 5.74) is 0.805. The first-order valence-corrected chi connectivity index (χ1v) is 4.84. The zero-order valence-electron chi connectivity index (χ0n) is 8.33. The molecule has 2 rings (SSSR count). The van der Waals surface area contributed by atoms with Crippen LogP contribution in [0.3, 0.4) is 0 Å². The summed E-state index contributed by atoms with van der Waals surface area (Å²) in [4.78, 5) is 15.1. The lowest BCUT2D eigenvalue weighted by molar-refractivity contribution is 0.0601. The molecule has 1 heterocycles. The number of methoxy groups -OCH3 is 1. The van der Waals surface area contributed by atoms with Crippen LogP contribution in [0, 0.1) is 5.82 Å². The summed E-state index contributed by atoms with van der Waals surface area (Å²) >= 11 is 5.55. The summed E-state index contributed by atoms with van der Waals surface area (Å²) in [7, 11) is 1.29. The molecule has 82 valence electrons. The van der Waals surface area contributed by atoms with Crippen molar-refractivity contribution in [3.05, 3.63) is 40.8 Å². The molecule has 0 aliphatic heterocycles. The van der Waals surface area contributed by atoms with Crippen molar-refractivity contribution < 1.29 is 13.9 Å². The van der Waals surface area contributed by atoms with Gasteiger partial charge in [0.1, 0.15) is 0 Å². The Labute approximate surface area is 95.8 Å². The van der Waals surface area contributed by atoms with Gasteiger partial charge in [-0.3, -0.25) is 0 Å². The molecule has 3 nitrogen and oxygen atoms in total. The molecule has 0 atom stereocenters. The van der Waals surface area contributed by atoms with Crippen molar-refractivity contribution in [2.45, 2.75) is 0 Å². The Morgan fingerprint density at radius 2 is 2.19 bits per heavy atom. The number of hydrogen-bond acceptors (Lipinski definition) is 3. The van der Waals surface area contributed by atoms with Gasteiger partial charge in [0.2, 0.25) is 0 Å². The summed E-state index contributed by atoms with van der Waals surface area (Å²) in [6, 6.07) is 5.91. The molecule has 0 unspecified atom stereocenters. The molecule has 0 spiro atoms. The third kappa shape index (κ3) is 1.84. The van der Waals surface area contributed by atoms with Gasteiger partial charge in [0, 0.05) is 5.39 Å². The average molecular weight is 240 g/mol. The Morgan fingerprint density at radius 1 is 1.44 bits per heavy atom. The van der Waals surface area contributed by atoms with Gasteiger partial charge in [0.05, 0.1) is 18.2 Å². The first-order valence-electron chi connectivity index (χ1n) is 4.46. The largest absolute Gasteiger partial charge is 0.465 e. The zero-order chi connectivity index (χ0) is 11.7. The number of hydrogen-bond donors (Lipinski definition) is 0. The number of halogens is 2. The van der Waals surface area contributed by atoms with Crippen LogP contribution in [-0.4, -0.2) is 18.1 Å². The lowest BCUT2D eigenvalue weighted by Gasteiger charge is -2.02. The van der Waals surface area contributed by atoms with Crippen LogP contribution in [0.4, 0.5) is 4.39 Å². The van der Waals surface area contributed by atoms with E-state index in [0.29, 0.717) is 16.5 Å². The Kier molecular flexibility index (Phi) is 2.75. The maximum atomic E-state index is 13.1. The Morgan fingerprint density at radius 3 is 2.88 bits per heavy atom. The highest BCUT2D eigenvalue weighted by atomic mass is 35.5. The van der Waals surface area contributed by atoms with Gasteiger partial charge in [-0.25, -0.2) is 14.2 Å². The van der Waals surface area contributed by atoms with E-state index >= 15 is 0 Å². The van der Waals surface area contributed by atoms with Gasteiger partial charge < -0.3 is 4.74 Å². The van der Waals surface area contributed by atoms with Crippen molar-refractivity contribution in [3.63, 3.8) is 0 Å². The predicted octanol–water partition coefficient (Wildman–Crippen LogP) is 2.81. The molecule has 0 saturated carbocycles. The van der Waals surface area contributed by atoms with Crippen molar-refractivity contribution in [1.29, 1.82) is 0 Å². The minimum atomic E-state index is -0.583. The third-order valence-corrected chi connectivity index (χ3v) is 2.41. The third-order valence-electron chi connectivity index (χ3n) is 2.15. The number of aromatic nitrogens is 1. The molecule has 2 aromatic rings. The van der Waals surface area contributed by atoms with Crippen molar-refractivity contribution in [2.75, 3.05) is 7.11 Å². The number of esters is 1. The molecule has 0 N–H and O–H groups in total. The lowest BCUT2D eigenvalue weighted by atomic mass is 10.1. The second-order valence-corrected chi connectivity index (χ2v) is 3.52. The number of carbonyl (C=O) groups is 1. The molecular formula is C11H7ClFNO2. The van der Waals surface area contributed by atoms with Gasteiger partial charge >= 0.3 is 5.97 Å². The molecule has 5 heteroatoms. The number of ether oxygens (including phenoxy) is 1. The highest BCUT2D eigenvalue weighted by molar-refractivity contribution is 6.30. The van der Waals surface area contributed by atoms with Gasteiger partial charge in [-0.1, -0.05) is 17.7 Å². The molecule has 0 aliphatic carbocycles. The fraction of sp³-hybridized carbons (Fsp3) is 0.0909. The number of carbonyl (C=O) groups excluding carboxylic acids is 1. The van der Waals surface area contributed by atoms with E-state index in [1.54, 1.807) is 12.1 Å². The molecule has 0 aliphatic rings. The average Bonchev–Trinajstić information content (AvgIpc) is 2.29. The van der Waals surface area contributed by atoms with Crippen LogP contribution in [0.15, 0.2) is 24.3 Å². The highest BCUT2D eigenvalue weighted by Gasteiger charge is 2.09. The zero-order valence-corrected chi connectivity index (χ0v) is 9.08. The minimum absolute atomic E-state index is 0.213. The van der Waals surface area contributed by atoms with Crippen LogP contribution >= 0.6 is 11.6 Å². The second-order valence-electron chi connectivity index (χ2n) is 3.16. The highest BCUT2D eigenvalue weighted by Crippen LogP contribution is 2.20. The smallest absolute Gasteiger partial charge is 0.337 e. The van der Waals surface area contributed by atoms with Crippen molar-refractivity contribution in [2.24, 2.45) is 0 Å². The fourth-order valence-corrected chi connectivity index (χ4v) is 1.51. The van der Waals surface area contributed by atoms with E-state index in [4.69, 9.17) is 11.6 Å². The van der Waals surface area contributed by atoms with Crippen LogP contribution in [0.25, 0.3) is 10.9 Å². The summed E-state index contributed by atoms with van der Waals surface area (Å²) < 4.78 is 17.7. The summed E-state index contributed by atoms with van der Waals surface area (Å²) in [5.74, 6) is -1.05. The summed E-state index contributed by atoms with van der Waals surface area (Å²) in [6.07, 6.45) is 0. The predicted molar refractivity (Wildman–Crippen MR) is 58.1 cm³/mol. The SMILES string of the molecule is COC(=O)c1ccc2cc(F)c(Cl)nc2c1. The monoisotopic (exact) mass is 239 g/mol. The maximum absolute atomic E-state index is 13.1. The number of benzene rings is 1. The minimum Gasteiger partial charge on any atom is -0.465 e. The van der Waals surface area contributed by atoms with Crippen molar-refractivity contribution >= 4 is 28.5 Å². The molecule has 16 heavy (non-hydrogen) atoms. The molecule has 0 saturated heterocycles. The fourth-order valence-electron chi connectivity index (χ4n) is 1.36. The topological polar surface area (TPSA) is 39.2 Å². The Hall–Kier alpha value is -1.68. The number of pyridine rings is 1. The van der Waals surface area contributed by atoms with Gasteiger partial charge in [-0.05, 0) is 18.2 Å². The molecular weight excluding hydrogens is 233 g/mol. The van der Waals surface area contributed by atoms with Gasteiger partial charge in [-0.15, -0.1) is 0 Å². The van der Waals surface area contributed by atoms with Gasteiger partial charge in [0.25, 0.3) is 0 Å². The molecule has 0 radical (unpaired) electrons. The van der Waals surface area contributed by atoms with Crippen LogP contribution in [0.1, 0.15) is 10.4 Å². The quantitative estimate of drug-likeness (QED) is 0.567. The standard InChI is InChI=1S/C11H7ClFNO2/c1-16-11(15)7-3-2-6-4-8(13)10(12)14-9(6)5-7/h2-5H,1H3. The molecule has 0 fully saturated rings. The van der Waals surface area contributed by atoms with Crippen LogP contribution in [0.2, 0.25) is 5.15 Å². The number of nitrogens with zero attached hydrogens (tertiary/aromatic N) is 1. The Balaban J connectivity index is 2.62. The van der Waals surface area contributed by atoms with Crippen LogP contribution in [-0.2, 0) is 4.74 Å². The lowest BCUT2D eigenvalue weighted by Crippen LogP contribution is -2.01. The van der Waals surface area contributed by atoms with E-state index in [2.05, 4.69) is 9.72 Å². The van der Waals surface area contributed by atoms with E-state index < -0.39 is 11.8 Å². The summed E-state index contributed by atoms with van der Waals surface area (Å²) in [6.45, 7) is 0. The first kappa shape index (κ1) is 10.8. The van der Waals surface area contributed by atoms with E-state index in [0.717, 1.165) is 0 Å². The molecule has 0 bridgehead atoms. The maximum Gasteiger partial charge on any atom is 0.337 e. The van der Waals surface area contributed by atoms with Crippen molar-refractivity contribution in [3.8, 4) is 0 Å². The van der Waals surface area contributed by atoms with Gasteiger partial charge in [0.15, 0.2) is 11.0 Å².